The molecule has 0 spiro atoms. The third-order valence-electron chi connectivity index (χ3n) is 5.02. The number of carboxylic acid groups (broad SMARTS) is 5. The van der Waals surface area contributed by atoms with E-state index in [0.717, 1.165) is 47.5 Å². The van der Waals surface area contributed by atoms with Gasteiger partial charge in [0.05, 0.1) is 0 Å². The molecule has 0 aliphatic carbocycles. The van der Waals surface area contributed by atoms with E-state index >= 15 is 0 Å². The average molecular weight is 842 g/mol. The van der Waals surface area contributed by atoms with Gasteiger partial charge in [-0.3, -0.25) is 24.0 Å². The molecule has 0 rings (SSSR count). The molecule has 0 aromatic rings. The second-order valence-corrected chi connectivity index (χ2v) is 16.6. The number of carboxylic acids is 5. The van der Waals surface area contributed by atoms with E-state index < -0.39 is 59.2 Å². The molecule has 12 N–H and O–H groups in total. The number of nitrogens with zero attached hydrogens (tertiary/aromatic N) is 1. The van der Waals surface area contributed by atoms with Crippen LogP contribution in [-0.2, 0) is 50.5 Å². The van der Waals surface area contributed by atoms with Crippen LogP contribution in [0.25, 0.3) is 0 Å². The Morgan fingerprint density at radius 3 is 0.982 bits per heavy atom. The first-order valence-corrected chi connectivity index (χ1v) is 21.2. The van der Waals surface area contributed by atoms with Crippen LogP contribution in [-0.4, -0.2) is 142 Å². The number of nitrogens with one attached hydrogen (secondary N) is 1. The van der Waals surface area contributed by atoms with E-state index in [2.05, 4.69) is 19.2 Å². The summed E-state index contributed by atoms with van der Waals surface area (Å²) < 4.78 is 40.7. The lowest BCUT2D eigenvalue weighted by atomic mass is 10.1. The van der Waals surface area contributed by atoms with Crippen molar-refractivity contribution in [2.45, 2.75) is 127 Å². The van der Waals surface area contributed by atoms with E-state index in [0.29, 0.717) is 65.4 Å². The molecule has 0 radical (unpaired) electrons. The summed E-state index contributed by atoms with van der Waals surface area (Å²) in [4.78, 5) is 45.0. The van der Waals surface area contributed by atoms with Crippen LogP contribution in [0.5, 0.6) is 0 Å². The molecular formula is C32H75N5O16Si2. The van der Waals surface area contributed by atoms with Crippen LogP contribution in [0.1, 0.15) is 116 Å². The summed E-state index contributed by atoms with van der Waals surface area (Å²) in [5, 5.41) is 40.4. The van der Waals surface area contributed by atoms with Gasteiger partial charge in [0, 0.05) is 87.2 Å². The summed E-state index contributed by atoms with van der Waals surface area (Å²) in [5.41, 5.74) is 16.9. The van der Waals surface area contributed by atoms with Gasteiger partial charge < -0.3 is 74.6 Å². The second kappa shape index (κ2) is 38.2. The van der Waals surface area contributed by atoms with Crippen molar-refractivity contribution in [2.75, 3.05) is 52.6 Å². The molecule has 55 heavy (non-hydrogen) atoms. The molecule has 2 atom stereocenters. The van der Waals surface area contributed by atoms with E-state index in [1.54, 1.807) is 0 Å². The summed E-state index contributed by atoms with van der Waals surface area (Å²) >= 11 is 0. The average Bonchev–Trinajstić information content (AvgIpc) is 2.95. The Morgan fingerprint density at radius 1 is 0.564 bits per heavy atom. The van der Waals surface area contributed by atoms with Gasteiger partial charge in [-0.2, -0.15) is 0 Å². The molecule has 0 aromatic carbocycles. The quantitative estimate of drug-likeness (QED) is 0.0405. The topological polar surface area (TPSA) is 335 Å². The molecule has 332 valence electrons. The minimum absolute atomic E-state index is 0.346. The van der Waals surface area contributed by atoms with Gasteiger partial charge in [0.2, 0.25) is 0 Å². The molecule has 0 aliphatic rings. The number of carbonyl (C=O) groups is 5. The summed E-state index contributed by atoms with van der Waals surface area (Å²) in [6.07, 6.45) is 2.90. The lowest BCUT2D eigenvalue weighted by molar-refractivity contribution is -0.135. The predicted molar refractivity (Wildman–Crippen MR) is 210 cm³/mol. The minimum atomic E-state index is -3.72. The Kier molecular flexibility index (Phi) is 44.7. The number of hydrogen-bond acceptors (Lipinski definition) is 16. The normalized spacial score (nSPS) is 12.7. The van der Waals surface area contributed by atoms with Crippen molar-refractivity contribution in [3.05, 3.63) is 0 Å². The summed E-state index contributed by atoms with van der Waals surface area (Å²) in [6, 6.07) is 0. The Balaban J connectivity index is -0.000000244. The third-order valence-corrected chi connectivity index (χ3v) is 12.5. The van der Waals surface area contributed by atoms with Crippen LogP contribution in [0, 0.1) is 0 Å². The van der Waals surface area contributed by atoms with Gasteiger partial charge in [0.15, 0.2) is 0 Å². The molecule has 0 saturated heterocycles. The molecule has 0 saturated carbocycles. The number of hydrogen-bond donors (Lipinski definition) is 9. The molecule has 23 heteroatoms. The third kappa shape index (κ3) is 47.4. The zero-order chi connectivity index (χ0) is 44.9. The smallest absolute Gasteiger partial charge is 0.481 e. The first-order chi connectivity index (χ1) is 25.1. The SMILES string of the molecule is CC(=O)O.CC(=O)O.CC(=O)O.CC(=O)O.CC(=O)O.CCCC(C)(N)O[Si](OCC)(OCC)N(CCNCCN)[Si](OCC)(OCC)OC(C)(N)CCC. The monoisotopic (exact) mass is 841 g/mol. The predicted octanol–water partition coefficient (Wildman–Crippen LogP) is 2.29. The highest BCUT2D eigenvalue weighted by Crippen LogP contribution is 2.32. The number of rotatable bonds is 23. The summed E-state index contributed by atoms with van der Waals surface area (Å²) in [7, 11) is -7.44. The highest BCUT2D eigenvalue weighted by atomic mass is 28.5. The molecule has 21 nitrogen and oxygen atoms in total. The van der Waals surface area contributed by atoms with Gasteiger partial charge in [-0.05, 0) is 54.4 Å². The van der Waals surface area contributed by atoms with Crippen LogP contribution in [0.2, 0.25) is 0 Å². The van der Waals surface area contributed by atoms with Gasteiger partial charge in [0.1, 0.15) is 11.4 Å². The molecule has 0 aliphatic heterocycles. The summed E-state index contributed by atoms with van der Waals surface area (Å²) in [6.45, 7) is 24.3. The van der Waals surface area contributed by atoms with E-state index in [-0.39, 0.29) is 0 Å². The van der Waals surface area contributed by atoms with Gasteiger partial charge in [-0.15, -0.1) is 0 Å². The van der Waals surface area contributed by atoms with Crippen molar-refractivity contribution >= 4 is 47.8 Å². The Morgan fingerprint density at radius 2 is 0.800 bits per heavy atom. The fourth-order valence-electron chi connectivity index (χ4n) is 3.90. The number of aliphatic carboxylic acids is 5. The molecule has 2 unspecified atom stereocenters. The fraction of sp³-hybridized carbons (Fsp3) is 0.844. The van der Waals surface area contributed by atoms with Crippen molar-refractivity contribution in [1.82, 2.24) is 9.55 Å². The molecule has 0 bridgehead atoms. The standard InChI is InChI=1S/C22H55N5O6Si2.5C2H4O2/c1-9-15-21(7,24)32-34(28-11-3,29-12-4)27(20-19-26-18-17-23)35(30-13-5,31-14-6)33-22(8,25)16-10-2;5*1-2(3)4/h26H,9-20,23-25H2,1-8H3;5*1H3,(H,3,4). The zero-order valence-electron chi connectivity index (χ0n) is 35.4. The van der Waals surface area contributed by atoms with E-state index in [9.17, 15) is 0 Å². The van der Waals surface area contributed by atoms with E-state index in [4.69, 9.17) is 93.3 Å². The van der Waals surface area contributed by atoms with Gasteiger partial charge >= 0.3 is 17.9 Å². The Labute approximate surface area is 330 Å². The van der Waals surface area contributed by atoms with Crippen molar-refractivity contribution in [3.8, 4) is 0 Å². The van der Waals surface area contributed by atoms with Crippen LogP contribution in [0.4, 0.5) is 0 Å². The van der Waals surface area contributed by atoms with Crippen molar-refractivity contribution in [1.29, 1.82) is 0 Å². The van der Waals surface area contributed by atoms with Crippen molar-refractivity contribution in [2.24, 2.45) is 17.2 Å². The second-order valence-electron chi connectivity index (χ2n) is 11.4. The Hall–Kier alpha value is -2.66. The lowest BCUT2D eigenvalue weighted by Crippen LogP contribution is -2.78. The van der Waals surface area contributed by atoms with Gasteiger partial charge in [0.25, 0.3) is 29.8 Å². The molecule has 0 amide bonds. The first-order valence-electron chi connectivity index (χ1n) is 17.8. The molecule has 0 aromatic heterocycles. The maximum Gasteiger partial charge on any atom is 0.599 e. The zero-order valence-corrected chi connectivity index (χ0v) is 37.4. The van der Waals surface area contributed by atoms with Crippen LogP contribution in [0.3, 0.4) is 0 Å². The maximum atomic E-state index is 9.00. The lowest BCUT2D eigenvalue weighted by Gasteiger charge is -2.49. The molecule has 0 fully saturated rings. The minimum Gasteiger partial charge on any atom is -0.481 e. The van der Waals surface area contributed by atoms with Crippen LogP contribution < -0.4 is 22.5 Å². The summed E-state index contributed by atoms with van der Waals surface area (Å²) in [5.74, 6) is -4.17. The van der Waals surface area contributed by atoms with Crippen molar-refractivity contribution in [3.63, 3.8) is 0 Å². The van der Waals surface area contributed by atoms with Gasteiger partial charge in [-0.1, -0.05) is 26.7 Å². The van der Waals surface area contributed by atoms with E-state index in [1.165, 1.54) is 0 Å². The fourth-order valence-corrected chi connectivity index (χ4v) is 11.1. The highest BCUT2D eigenvalue weighted by molar-refractivity contribution is 6.75. The van der Waals surface area contributed by atoms with Crippen LogP contribution >= 0.6 is 0 Å². The highest BCUT2D eigenvalue weighted by Gasteiger charge is 2.66. The van der Waals surface area contributed by atoms with Crippen molar-refractivity contribution < 1.29 is 76.1 Å². The van der Waals surface area contributed by atoms with Gasteiger partial charge in [-0.25, -0.2) is 4.23 Å². The van der Waals surface area contributed by atoms with E-state index in [1.807, 2.05) is 45.8 Å². The van der Waals surface area contributed by atoms with Crippen LogP contribution in [0.15, 0.2) is 0 Å². The largest absolute Gasteiger partial charge is 0.599 e. The number of nitrogens with two attached hydrogens (primary N) is 3. The first kappa shape index (κ1) is 64.2. The Bertz CT molecular complexity index is 856. The maximum absolute atomic E-state index is 9.00. The molecule has 0 heterocycles. The molecular weight excluding hydrogens is 767 g/mol.